The second kappa shape index (κ2) is 5.38. The average molecular weight is 302 g/mol. The second-order valence-electron chi connectivity index (χ2n) is 4.41. The van der Waals surface area contributed by atoms with E-state index in [2.05, 4.69) is 21.2 Å². The maximum absolute atomic E-state index is 11.9. The zero-order valence-corrected chi connectivity index (χ0v) is 10.5. The molecule has 1 fully saturated rings. The molecule has 0 aromatic carbocycles. The van der Waals surface area contributed by atoms with Gasteiger partial charge in [-0.2, -0.15) is 13.2 Å². The van der Waals surface area contributed by atoms with Gasteiger partial charge < -0.3 is 5.32 Å². The van der Waals surface area contributed by atoms with E-state index in [4.69, 9.17) is 0 Å². The van der Waals surface area contributed by atoms with Gasteiger partial charge in [-0.15, -0.1) is 0 Å². The fourth-order valence-corrected chi connectivity index (χ4v) is 2.77. The number of amides is 1. The topological polar surface area (TPSA) is 29.1 Å². The molecule has 0 atom stereocenters. The lowest BCUT2D eigenvalue weighted by atomic mass is 9.89. The van der Waals surface area contributed by atoms with Gasteiger partial charge in [-0.1, -0.05) is 28.8 Å². The third-order valence-corrected chi connectivity index (χ3v) is 4.16. The highest BCUT2D eigenvalue weighted by atomic mass is 79.9. The van der Waals surface area contributed by atoms with Crippen LogP contribution in [0.25, 0.3) is 0 Å². The lowest BCUT2D eigenvalue weighted by Crippen LogP contribution is -2.38. The summed E-state index contributed by atoms with van der Waals surface area (Å²) in [4.78, 5) is 11.0. The summed E-state index contributed by atoms with van der Waals surface area (Å²) in [6.45, 7) is 0.340. The van der Waals surface area contributed by atoms with Crippen molar-refractivity contribution >= 4 is 21.8 Å². The van der Waals surface area contributed by atoms with Crippen LogP contribution in [0.1, 0.15) is 32.1 Å². The van der Waals surface area contributed by atoms with E-state index in [-0.39, 0.29) is 5.41 Å². The Morgan fingerprint density at radius 3 is 2.31 bits per heavy atom. The van der Waals surface area contributed by atoms with Crippen LogP contribution in [0.3, 0.4) is 0 Å². The van der Waals surface area contributed by atoms with Gasteiger partial charge in [0.1, 0.15) is 6.42 Å². The molecule has 0 aromatic rings. The van der Waals surface area contributed by atoms with Crippen LogP contribution in [-0.2, 0) is 4.79 Å². The molecule has 1 aliphatic carbocycles. The molecule has 6 heteroatoms. The predicted octanol–water partition coefficient (Wildman–Crippen LogP) is 3.01. The van der Waals surface area contributed by atoms with Gasteiger partial charge in [0.2, 0.25) is 5.91 Å². The number of carbonyl (C=O) groups is 1. The molecular weight excluding hydrogens is 287 g/mol. The zero-order valence-electron chi connectivity index (χ0n) is 8.87. The molecule has 16 heavy (non-hydrogen) atoms. The molecule has 0 heterocycles. The smallest absolute Gasteiger partial charge is 0.355 e. The summed E-state index contributed by atoms with van der Waals surface area (Å²) in [5.74, 6) is -0.931. The Hall–Kier alpha value is -0.260. The highest BCUT2D eigenvalue weighted by Crippen LogP contribution is 2.39. The number of carbonyl (C=O) groups excluding carboxylic acids is 1. The summed E-state index contributed by atoms with van der Waals surface area (Å²) in [5, 5.41) is 3.11. The monoisotopic (exact) mass is 301 g/mol. The molecule has 1 N–H and O–H groups in total. The van der Waals surface area contributed by atoms with Crippen LogP contribution >= 0.6 is 15.9 Å². The molecule has 0 radical (unpaired) electrons. The van der Waals surface area contributed by atoms with E-state index in [1.807, 2.05) is 0 Å². The maximum atomic E-state index is 11.9. The molecular formula is C10H15BrF3NO. The molecule has 0 aliphatic heterocycles. The number of nitrogens with one attached hydrogen (secondary N) is 1. The SMILES string of the molecule is O=C(CC(F)(F)F)NCC1(CBr)CCCC1. The molecule has 94 valence electrons. The molecule has 1 saturated carbocycles. The zero-order chi connectivity index (χ0) is 12.2. The number of hydrogen-bond acceptors (Lipinski definition) is 1. The van der Waals surface area contributed by atoms with Crippen molar-refractivity contribution in [1.29, 1.82) is 0 Å². The van der Waals surface area contributed by atoms with Crippen LogP contribution in [0.5, 0.6) is 0 Å². The highest BCUT2D eigenvalue weighted by Gasteiger charge is 2.35. The van der Waals surface area contributed by atoms with Crippen molar-refractivity contribution in [3.8, 4) is 0 Å². The van der Waals surface area contributed by atoms with Crippen molar-refractivity contribution < 1.29 is 18.0 Å². The predicted molar refractivity (Wildman–Crippen MR) is 58.4 cm³/mol. The van der Waals surface area contributed by atoms with Crippen LogP contribution in [0.2, 0.25) is 0 Å². The van der Waals surface area contributed by atoms with Crippen molar-refractivity contribution in [3.05, 3.63) is 0 Å². The van der Waals surface area contributed by atoms with Gasteiger partial charge in [-0.3, -0.25) is 4.79 Å². The van der Waals surface area contributed by atoms with Crippen molar-refractivity contribution in [2.24, 2.45) is 5.41 Å². The minimum atomic E-state index is -4.42. The summed E-state index contributed by atoms with van der Waals surface area (Å²) in [5.41, 5.74) is -0.0404. The Balaban J connectivity index is 2.35. The van der Waals surface area contributed by atoms with Crippen molar-refractivity contribution in [2.45, 2.75) is 38.3 Å². The summed E-state index contributed by atoms with van der Waals surface area (Å²) >= 11 is 3.37. The summed E-state index contributed by atoms with van der Waals surface area (Å²) < 4.78 is 35.7. The van der Waals surface area contributed by atoms with Gasteiger partial charge in [0.25, 0.3) is 0 Å². The van der Waals surface area contributed by atoms with Gasteiger partial charge in [0.15, 0.2) is 0 Å². The van der Waals surface area contributed by atoms with Crippen LogP contribution in [0, 0.1) is 5.41 Å². The van der Waals surface area contributed by atoms with Gasteiger partial charge >= 0.3 is 6.18 Å². The Morgan fingerprint density at radius 1 is 1.31 bits per heavy atom. The number of rotatable bonds is 4. The molecule has 1 rings (SSSR count). The maximum Gasteiger partial charge on any atom is 0.397 e. The Bertz CT molecular complexity index is 249. The van der Waals surface area contributed by atoms with Gasteiger partial charge in [0.05, 0.1) is 0 Å². The molecule has 0 spiro atoms. The summed E-state index contributed by atoms with van der Waals surface area (Å²) in [6, 6.07) is 0. The third kappa shape index (κ3) is 4.31. The van der Waals surface area contributed by atoms with Gasteiger partial charge in [0, 0.05) is 11.9 Å². The minimum Gasteiger partial charge on any atom is -0.355 e. The van der Waals surface area contributed by atoms with E-state index in [1.54, 1.807) is 0 Å². The molecule has 1 aliphatic rings. The molecule has 0 aromatic heterocycles. The van der Waals surface area contributed by atoms with Crippen LogP contribution in [-0.4, -0.2) is 24.0 Å². The van der Waals surface area contributed by atoms with Gasteiger partial charge in [-0.25, -0.2) is 0 Å². The standard InChI is InChI=1S/C10H15BrF3NO/c11-6-9(3-1-2-4-9)7-15-8(16)5-10(12,13)14/h1-7H2,(H,15,16). The molecule has 0 unspecified atom stereocenters. The van der Waals surface area contributed by atoms with E-state index in [1.165, 1.54) is 0 Å². The van der Waals surface area contributed by atoms with E-state index in [9.17, 15) is 18.0 Å². The van der Waals surface area contributed by atoms with Crippen LogP contribution in [0.4, 0.5) is 13.2 Å². The van der Waals surface area contributed by atoms with E-state index in [0.717, 1.165) is 31.0 Å². The normalized spacial score (nSPS) is 19.8. The van der Waals surface area contributed by atoms with Crippen molar-refractivity contribution in [3.63, 3.8) is 0 Å². The third-order valence-electron chi connectivity index (χ3n) is 2.97. The van der Waals surface area contributed by atoms with Crippen LogP contribution < -0.4 is 5.32 Å². The van der Waals surface area contributed by atoms with E-state index in [0.29, 0.717) is 6.54 Å². The number of hydrogen-bond donors (Lipinski definition) is 1. The lowest BCUT2D eigenvalue weighted by molar-refractivity contribution is -0.154. The average Bonchev–Trinajstić information content (AvgIpc) is 2.61. The van der Waals surface area contributed by atoms with Crippen molar-refractivity contribution in [1.82, 2.24) is 5.32 Å². The van der Waals surface area contributed by atoms with E-state index >= 15 is 0 Å². The van der Waals surface area contributed by atoms with Crippen LogP contribution in [0.15, 0.2) is 0 Å². The lowest BCUT2D eigenvalue weighted by Gasteiger charge is -2.26. The fourth-order valence-electron chi connectivity index (χ4n) is 2.01. The first kappa shape index (κ1) is 13.8. The summed E-state index contributed by atoms with van der Waals surface area (Å²) in [6.07, 6.45) is -1.71. The largest absolute Gasteiger partial charge is 0.397 e. The molecule has 2 nitrogen and oxygen atoms in total. The first-order valence-corrected chi connectivity index (χ1v) is 6.38. The minimum absolute atomic E-state index is 0.0404. The number of alkyl halides is 4. The first-order chi connectivity index (χ1) is 7.37. The van der Waals surface area contributed by atoms with E-state index < -0.39 is 18.5 Å². The Kier molecular flexibility index (Phi) is 4.64. The molecule has 0 saturated heterocycles. The highest BCUT2D eigenvalue weighted by molar-refractivity contribution is 9.09. The van der Waals surface area contributed by atoms with Gasteiger partial charge in [-0.05, 0) is 18.3 Å². The number of halogens is 4. The summed E-state index contributed by atoms with van der Waals surface area (Å²) in [7, 11) is 0. The fraction of sp³-hybridized carbons (Fsp3) is 0.900. The first-order valence-electron chi connectivity index (χ1n) is 5.26. The molecule has 0 bridgehead atoms. The molecule has 1 amide bonds. The quantitative estimate of drug-likeness (QED) is 0.795. The Labute approximate surface area is 101 Å². The van der Waals surface area contributed by atoms with Crippen molar-refractivity contribution in [2.75, 3.05) is 11.9 Å². The second-order valence-corrected chi connectivity index (χ2v) is 4.97. The Morgan fingerprint density at radius 2 is 1.88 bits per heavy atom.